The van der Waals surface area contributed by atoms with Crippen molar-refractivity contribution >= 4 is 14.6 Å². The first-order valence-corrected chi connectivity index (χ1v) is 3.21. The van der Waals surface area contributed by atoms with Crippen LogP contribution in [0.1, 0.15) is 0 Å². The summed E-state index contributed by atoms with van der Waals surface area (Å²) in [5, 5.41) is 1.89. The van der Waals surface area contributed by atoms with Gasteiger partial charge in [0, 0.05) is 0 Å². The Bertz CT molecular complexity index is 136. The number of nitrogens with two attached hydrogens (primary N) is 1. The van der Waals surface area contributed by atoms with Crippen molar-refractivity contribution < 1.29 is 76.5 Å². The third-order valence-corrected chi connectivity index (χ3v) is 0.455. The van der Waals surface area contributed by atoms with Crippen LogP contribution in [-0.2, 0) is 4.57 Å². The van der Waals surface area contributed by atoms with E-state index in [-0.39, 0.29) is 56.9 Å². The van der Waals surface area contributed by atoms with E-state index in [1.54, 1.807) is 12.5 Å². The van der Waals surface area contributed by atoms with E-state index in [0.29, 0.717) is 0 Å². The largest absolute Gasteiger partial charge is 1.00 e. The number of rotatable bonds is 0. The van der Waals surface area contributed by atoms with E-state index >= 15 is 0 Å². The first-order chi connectivity index (χ1) is 4.23. The minimum Gasteiger partial charge on any atom is -0.870 e. The quantitative estimate of drug-likeness (QED) is 0.303. The van der Waals surface area contributed by atoms with Crippen LogP contribution in [-0.4, -0.2) is 16.7 Å². The van der Waals surface area contributed by atoms with Crippen LogP contribution in [0.4, 0.5) is 0 Å². The van der Waals surface area contributed by atoms with Crippen LogP contribution in [0.5, 0.6) is 0 Å². The van der Waals surface area contributed by atoms with Gasteiger partial charge >= 0.3 is 59.6 Å². The second-order valence-electron chi connectivity index (χ2n) is 1.07. The molecule has 8 heteroatoms. The average Bonchev–Trinajstić information content (AvgIpc) is 2.11. The molecular formula is C3H7KN2O4P+. The summed E-state index contributed by atoms with van der Waals surface area (Å²) in [7, 11) is -3.12. The zero-order valence-electron chi connectivity index (χ0n) is 5.91. The Morgan fingerprint density at radius 3 is 2.18 bits per heavy atom. The standard InChI is InChI=1S/C3H4N2.K.HO3P.H2O/c1-2-5-3-4-1;;1-4(2)3;/h1-3H,(H,4,5);;(H,1,2,3);1H2/q;+1;;. The summed E-state index contributed by atoms with van der Waals surface area (Å²) in [6.07, 6.45) is 5.39. The van der Waals surface area contributed by atoms with Crippen LogP contribution >= 0.6 is 8.25 Å². The molecule has 0 aromatic heterocycles. The molecule has 1 unspecified atom stereocenters. The molecule has 0 bridgehead atoms. The van der Waals surface area contributed by atoms with E-state index in [1.807, 2.05) is 11.5 Å². The molecule has 11 heavy (non-hydrogen) atoms. The molecule has 0 aliphatic carbocycles. The molecule has 1 aliphatic heterocycles. The number of quaternary nitrogens is 1. The molecule has 0 fully saturated rings. The summed E-state index contributed by atoms with van der Waals surface area (Å²) in [6, 6.07) is 0. The van der Waals surface area contributed by atoms with Gasteiger partial charge in [-0.1, -0.05) is 0 Å². The molecule has 1 aliphatic rings. The van der Waals surface area contributed by atoms with Crippen molar-refractivity contribution in [2.75, 3.05) is 0 Å². The van der Waals surface area contributed by atoms with Gasteiger partial charge in [-0.25, -0.2) is 4.99 Å². The molecule has 0 aromatic rings. The molecule has 0 aromatic carbocycles. The number of aliphatic imine (C=N–C) groups is 1. The van der Waals surface area contributed by atoms with Gasteiger partial charge in [0.25, 0.3) is 0 Å². The first-order valence-electron chi connectivity index (χ1n) is 2.08. The van der Waals surface area contributed by atoms with Gasteiger partial charge < -0.3 is 10.4 Å². The molecule has 1 heterocycles. The van der Waals surface area contributed by atoms with Gasteiger partial charge in [-0.05, 0) is 4.57 Å². The van der Waals surface area contributed by atoms with Crippen LogP contribution in [0.15, 0.2) is 17.4 Å². The SMILES string of the molecule is C1=C[NH2+]C=N1.O=[P+]([O-])O.[K+].[OH-]. The van der Waals surface area contributed by atoms with Gasteiger partial charge in [0.1, 0.15) is 6.20 Å². The molecule has 1 rings (SSSR count). The Hall–Kier alpha value is 0.986. The van der Waals surface area contributed by atoms with Crippen LogP contribution in [0.2, 0.25) is 0 Å². The van der Waals surface area contributed by atoms with E-state index in [0.717, 1.165) is 0 Å². The summed E-state index contributed by atoms with van der Waals surface area (Å²) in [6.45, 7) is 0. The van der Waals surface area contributed by atoms with Crippen molar-refractivity contribution in [3.05, 3.63) is 12.4 Å². The second-order valence-corrected chi connectivity index (χ2v) is 1.55. The molecular weight excluding hydrogens is 198 g/mol. The average molecular weight is 205 g/mol. The zero-order chi connectivity index (χ0) is 7.11. The van der Waals surface area contributed by atoms with Crippen molar-refractivity contribution in [3.63, 3.8) is 0 Å². The normalized spacial score (nSPS) is 12.0. The molecule has 0 amide bonds. The maximum atomic E-state index is 8.59. The maximum Gasteiger partial charge on any atom is 1.00 e. The van der Waals surface area contributed by atoms with Crippen molar-refractivity contribution in [2.24, 2.45) is 4.99 Å². The Kier molecular flexibility index (Phi) is 22.1. The Labute approximate surface area is 107 Å². The molecule has 0 saturated carbocycles. The van der Waals surface area contributed by atoms with Crippen molar-refractivity contribution in [1.29, 1.82) is 0 Å². The fourth-order valence-electron chi connectivity index (χ4n) is 0.248. The van der Waals surface area contributed by atoms with Gasteiger partial charge in [0.15, 0.2) is 6.34 Å². The van der Waals surface area contributed by atoms with Gasteiger partial charge in [0.2, 0.25) is 0 Å². The van der Waals surface area contributed by atoms with Crippen LogP contribution in [0, 0.1) is 0 Å². The van der Waals surface area contributed by atoms with Gasteiger partial charge in [-0.15, -0.1) is 0 Å². The molecule has 0 radical (unpaired) electrons. The smallest absolute Gasteiger partial charge is 0.870 e. The Morgan fingerprint density at radius 2 is 2.09 bits per heavy atom. The molecule has 0 spiro atoms. The molecule has 0 saturated heterocycles. The van der Waals surface area contributed by atoms with E-state index < -0.39 is 8.25 Å². The predicted octanol–water partition coefficient (Wildman–Crippen LogP) is -5.11. The van der Waals surface area contributed by atoms with Gasteiger partial charge in [0.05, 0.1) is 6.20 Å². The summed E-state index contributed by atoms with van der Waals surface area (Å²) >= 11 is 0. The molecule has 58 valence electrons. The summed E-state index contributed by atoms with van der Waals surface area (Å²) < 4.78 is 8.59. The molecule has 4 N–H and O–H groups in total. The Morgan fingerprint density at radius 1 is 1.64 bits per heavy atom. The monoisotopic (exact) mass is 205 g/mol. The van der Waals surface area contributed by atoms with E-state index in [1.165, 1.54) is 0 Å². The fraction of sp³-hybridized carbons (Fsp3) is 0. The van der Waals surface area contributed by atoms with Gasteiger partial charge in [-0.3, -0.25) is 5.32 Å². The van der Waals surface area contributed by atoms with Crippen LogP contribution in [0.3, 0.4) is 0 Å². The molecule has 6 nitrogen and oxygen atoms in total. The predicted molar refractivity (Wildman–Crippen MR) is 31.3 cm³/mol. The fourth-order valence-corrected chi connectivity index (χ4v) is 0.248. The molecule has 1 atom stereocenters. The number of hydrogen-bond donors (Lipinski definition) is 2. The number of nitrogens with zero attached hydrogens (tertiary/aromatic N) is 1. The van der Waals surface area contributed by atoms with Crippen molar-refractivity contribution in [3.8, 4) is 0 Å². The van der Waals surface area contributed by atoms with Crippen LogP contribution < -0.4 is 61.6 Å². The van der Waals surface area contributed by atoms with Gasteiger partial charge in [-0.2, -0.15) is 4.89 Å². The van der Waals surface area contributed by atoms with E-state index in [9.17, 15) is 0 Å². The second kappa shape index (κ2) is 13.6. The summed E-state index contributed by atoms with van der Waals surface area (Å²) in [4.78, 5) is 19.3. The Balaban J connectivity index is -0.000000101. The third kappa shape index (κ3) is 24.8. The van der Waals surface area contributed by atoms with Crippen molar-refractivity contribution in [2.45, 2.75) is 0 Å². The van der Waals surface area contributed by atoms with Crippen molar-refractivity contribution in [1.82, 2.24) is 0 Å². The first kappa shape index (κ1) is 17.9. The number of hydrogen-bond acceptors (Lipinski definition) is 4. The summed E-state index contributed by atoms with van der Waals surface area (Å²) in [5.41, 5.74) is 0. The zero-order valence-corrected chi connectivity index (χ0v) is 9.93. The van der Waals surface area contributed by atoms with Crippen LogP contribution in [0.25, 0.3) is 0 Å². The van der Waals surface area contributed by atoms with E-state index in [4.69, 9.17) is 14.4 Å². The van der Waals surface area contributed by atoms with E-state index in [2.05, 4.69) is 4.99 Å². The maximum absolute atomic E-state index is 8.59. The minimum atomic E-state index is -3.12. The third-order valence-electron chi connectivity index (χ3n) is 0.455. The topological polar surface area (TPSA) is 119 Å². The summed E-state index contributed by atoms with van der Waals surface area (Å²) in [5.74, 6) is 0. The minimum absolute atomic E-state index is 0.